The number of carbonyl (C=O) groups excluding carboxylic acids is 7. The highest BCUT2D eigenvalue weighted by molar-refractivity contribution is 5.97. The SMILES string of the molecule is CC[C@H](C)C[C@H]1CC[C@](O)([C@@](C)(O)C(=O)N[C@@H]2C(=O)N3NCCC[C@@H]3C(=O)N(O)[C@@H](C)C(=O)NCC(=O)N3NCCC[C@H]3C(=O)N(O)[C@H](C)C(=O)O[C@H]2C(C)C)O[C@@H]1C. The van der Waals surface area contributed by atoms with Crippen molar-refractivity contribution in [3.05, 3.63) is 0 Å². The Morgan fingerprint density at radius 3 is 2.02 bits per heavy atom. The Kier molecular flexibility index (Phi) is 15.8. The summed E-state index contributed by atoms with van der Waals surface area (Å²) in [7, 11) is 0. The Balaban J connectivity index is 1.76. The van der Waals surface area contributed by atoms with Gasteiger partial charge in [-0.1, -0.05) is 34.1 Å². The number of hydrogen-bond donors (Lipinski definition) is 8. The molecule has 21 nitrogen and oxygen atoms in total. The van der Waals surface area contributed by atoms with Crippen molar-refractivity contribution in [1.82, 2.24) is 41.6 Å². The van der Waals surface area contributed by atoms with Gasteiger partial charge in [0.25, 0.3) is 29.5 Å². The van der Waals surface area contributed by atoms with E-state index in [1.165, 1.54) is 6.92 Å². The molecule has 4 aliphatic rings. The minimum absolute atomic E-state index is 0.0268. The summed E-state index contributed by atoms with van der Waals surface area (Å²) in [4.78, 5) is 96.8. The van der Waals surface area contributed by atoms with Crippen molar-refractivity contribution in [3.63, 3.8) is 0 Å². The Morgan fingerprint density at radius 2 is 1.46 bits per heavy atom. The fraction of sp³-hybridized carbons (Fsp3) is 0.816. The molecular formula is C38H64N8O13. The average Bonchev–Trinajstić information content (AvgIpc) is 3.22. The predicted molar refractivity (Wildman–Crippen MR) is 205 cm³/mol. The third-order valence-electron chi connectivity index (χ3n) is 12.2. The quantitative estimate of drug-likeness (QED) is 0.114. The van der Waals surface area contributed by atoms with Crippen molar-refractivity contribution >= 4 is 41.4 Å². The number of rotatable bonds is 7. The van der Waals surface area contributed by atoms with Gasteiger partial charge in [-0.25, -0.2) is 25.8 Å². The van der Waals surface area contributed by atoms with Crippen molar-refractivity contribution in [2.45, 2.75) is 161 Å². The van der Waals surface area contributed by atoms with Gasteiger partial charge in [-0.15, -0.1) is 0 Å². The third kappa shape index (κ3) is 10.3. The first-order valence-corrected chi connectivity index (χ1v) is 20.7. The first kappa shape index (κ1) is 47.7. The fourth-order valence-electron chi connectivity index (χ4n) is 7.87. The molecule has 4 saturated heterocycles. The lowest BCUT2D eigenvalue weighted by Gasteiger charge is -2.47. The van der Waals surface area contributed by atoms with Crippen molar-refractivity contribution in [1.29, 1.82) is 0 Å². The molecule has 0 aromatic carbocycles. The lowest BCUT2D eigenvalue weighted by Crippen LogP contribution is -2.70. The monoisotopic (exact) mass is 840 g/mol. The molecule has 0 saturated carbocycles. The first-order valence-electron chi connectivity index (χ1n) is 20.7. The first-order chi connectivity index (χ1) is 27.6. The van der Waals surface area contributed by atoms with E-state index in [-0.39, 0.29) is 48.4 Å². The van der Waals surface area contributed by atoms with Gasteiger partial charge in [0.1, 0.15) is 30.3 Å². The number of hydrogen-bond acceptors (Lipinski definition) is 15. The predicted octanol–water partition coefficient (Wildman–Crippen LogP) is -0.936. The van der Waals surface area contributed by atoms with E-state index in [0.717, 1.165) is 36.7 Å². The molecule has 11 atom stereocenters. The van der Waals surface area contributed by atoms with Crippen molar-refractivity contribution in [2.75, 3.05) is 19.6 Å². The van der Waals surface area contributed by atoms with Crippen molar-refractivity contribution < 1.29 is 63.7 Å². The highest BCUT2D eigenvalue weighted by Gasteiger charge is 2.57. The highest BCUT2D eigenvalue weighted by atomic mass is 16.6. The number of esters is 1. The number of ether oxygens (including phenoxy) is 2. The van der Waals surface area contributed by atoms with Gasteiger partial charge >= 0.3 is 5.97 Å². The summed E-state index contributed by atoms with van der Waals surface area (Å²) in [5.74, 6) is -10.4. The van der Waals surface area contributed by atoms with Crippen LogP contribution in [0, 0.1) is 17.8 Å². The van der Waals surface area contributed by atoms with Crippen LogP contribution in [0.3, 0.4) is 0 Å². The minimum atomic E-state index is -2.70. The summed E-state index contributed by atoms with van der Waals surface area (Å²) in [5, 5.41) is 52.4. The molecule has 0 radical (unpaired) electrons. The zero-order chi connectivity index (χ0) is 44.1. The molecule has 0 spiro atoms. The third-order valence-corrected chi connectivity index (χ3v) is 12.2. The molecule has 4 fully saturated rings. The summed E-state index contributed by atoms with van der Waals surface area (Å²) in [6.45, 7) is 12.1. The normalized spacial score (nSPS) is 34.1. The van der Waals surface area contributed by atoms with Crippen LogP contribution >= 0.6 is 0 Å². The summed E-state index contributed by atoms with van der Waals surface area (Å²) in [5.41, 5.74) is 2.85. The van der Waals surface area contributed by atoms with Crippen LogP contribution in [0.15, 0.2) is 0 Å². The molecule has 0 aromatic heterocycles. The fourth-order valence-corrected chi connectivity index (χ4v) is 7.87. The molecule has 4 aliphatic heterocycles. The number of amides is 6. The molecule has 4 rings (SSSR count). The largest absolute Gasteiger partial charge is 0.458 e. The second kappa shape index (κ2) is 19.6. The zero-order valence-electron chi connectivity index (χ0n) is 35.3. The summed E-state index contributed by atoms with van der Waals surface area (Å²) >= 11 is 0. The van der Waals surface area contributed by atoms with E-state index < -0.39 is 108 Å². The average molecular weight is 841 g/mol. The van der Waals surface area contributed by atoms with E-state index >= 15 is 0 Å². The number of cyclic esters (lactones) is 1. The molecular weight excluding hydrogens is 776 g/mol. The number of nitrogens with zero attached hydrogens (tertiary/aromatic N) is 4. The molecule has 334 valence electrons. The van der Waals surface area contributed by atoms with Gasteiger partial charge in [-0.05, 0) is 84.0 Å². The molecule has 59 heavy (non-hydrogen) atoms. The van der Waals surface area contributed by atoms with E-state index in [1.807, 2.05) is 0 Å². The maximum absolute atomic E-state index is 14.8. The summed E-state index contributed by atoms with van der Waals surface area (Å²) < 4.78 is 11.8. The van der Waals surface area contributed by atoms with Gasteiger partial charge in [-0.2, -0.15) is 0 Å². The second-order valence-corrected chi connectivity index (χ2v) is 16.9. The van der Waals surface area contributed by atoms with Gasteiger partial charge in [0, 0.05) is 19.5 Å². The van der Waals surface area contributed by atoms with Gasteiger partial charge < -0.3 is 30.3 Å². The number of hydrazine groups is 2. The van der Waals surface area contributed by atoms with Crippen molar-refractivity contribution in [2.24, 2.45) is 17.8 Å². The molecule has 0 unspecified atom stereocenters. The molecule has 0 aromatic rings. The van der Waals surface area contributed by atoms with Crippen molar-refractivity contribution in [3.8, 4) is 0 Å². The van der Waals surface area contributed by atoms with Gasteiger partial charge in [0.05, 0.1) is 12.6 Å². The smallest absolute Gasteiger partial charge is 0.331 e. The van der Waals surface area contributed by atoms with Crippen LogP contribution in [0.25, 0.3) is 0 Å². The van der Waals surface area contributed by atoms with Gasteiger partial charge in [0.15, 0.2) is 11.6 Å². The Morgan fingerprint density at radius 1 is 0.898 bits per heavy atom. The molecule has 6 amide bonds. The van der Waals surface area contributed by atoms with Crippen LogP contribution in [0.1, 0.15) is 107 Å². The van der Waals surface area contributed by atoms with E-state index in [1.54, 1.807) is 20.8 Å². The Bertz CT molecular complexity index is 1580. The van der Waals surface area contributed by atoms with E-state index in [2.05, 4.69) is 35.3 Å². The lowest BCUT2D eigenvalue weighted by molar-refractivity contribution is -0.326. The zero-order valence-corrected chi connectivity index (χ0v) is 35.3. The van der Waals surface area contributed by atoms with E-state index in [0.29, 0.717) is 25.2 Å². The Hall–Kier alpha value is -3.99. The summed E-state index contributed by atoms with van der Waals surface area (Å²) in [6.07, 6.45) is 0.550. The molecule has 8 N–H and O–H groups in total. The van der Waals surface area contributed by atoms with Crippen LogP contribution in [0.4, 0.5) is 0 Å². The maximum atomic E-state index is 14.8. The van der Waals surface area contributed by atoms with E-state index in [4.69, 9.17) is 9.47 Å². The number of aliphatic hydroxyl groups is 2. The molecule has 21 heteroatoms. The summed E-state index contributed by atoms with van der Waals surface area (Å²) in [6, 6.07) is -8.05. The molecule has 0 bridgehead atoms. The number of carbonyl (C=O) groups is 7. The standard InChI is InChI=1S/C38H64N8O13/c1-9-21(4)18-25-14-15-38(55,59-24(25)7)37(8,54)36(53)42-29-30(20(2)3)58-35(52)23(6)46(57)32(49)26-12-10-16-40-43(26)28(47)19-39-31(48)22(5)45(56)33(50)27-13-11-17-41-44(27)34(29)51/h20-27,29-30,40-41,54-57H,9-19H2,1-8H3,(H,39,48)(H,42,53)/t21-,22-,23+,24+,25+,26-,27+,29-,30-,37-,38+/m0/s1. The van der Waals surface area contributed by atoms with Gasteiger partial charge in [-0.3, -0.25) is 49.2 Å². The van der Waals surface area contributed by atoms with Crippen LogP contribution in [-0.2, 0) is 43.0 Å². The number of hydroxylamine groups is 4. The topological polar surface area (TPSA) is 280 Å². The molecule has 0 aliphatic carbocycles. The van der Waals surface area contributed by atoms with E-state index in [9.17, 15) is 54.2 Å². The molecule has 4 heterocycles. The maximum Gasteiger partial charge on any atom is 0.331 e. The number of fused-ring (bicyclic) bond motifs is 2. The highest BCUT2D eigenvalue weighted by Crippen LogP contribution is 2.40. The Labute approximate surface area is 344 Å². The van der Waals surface area contributed by atoms with Crippen LogP contribution in [-0.4, -0.2) is 156 Å². The lowest BCUT2D eigenvalue weighted by atomic mass is 9.79. The van der Waals surface area contributed by atoms with Gasteiger partial charge in [0.2, 0.25) is 11.7 Å². The second-order valence-electron chi connectivity index (χ2n) is 16.9. The minimum Gasteiger partial charge on any atom is -0.458 e. The van der Waals surface area contributed by atoms with Crippen LogP contribution in [0.5, 0.6) is 0 Å². The number of nitrogens with one attached hydrogen (secondary N) is 4. The van der Waals surface area contributed by atoms with Crippen LogP contribution < -0.4 is 21.5 Å². The van der Waals surface area contributed by atoms with Crippen LogP contribution in [0.2, 0.25) is 0 Å².